The molecule has 1 heterocycles. The number of carbonyl (C=O) groups is 1. The zero-order chi connectivity index (χ0) is 14.2. The second-order valence-corrected chi connectivity index (χ2v) is 5.29. The minimum Gasteiger partial charge on any atom is -0.398 e. The Morgan fingerprint density at radius 1 is 1.37 bits per heavy atom. The zero-order valence-corrected chi connectivity index (χ0v) is 12.6. The maximum absolute atomic E-state index is 12.2. The van der Waals surface area contributed by atoms with Crippen LogP contribution in [0.5, 0.6) is 0 Å². The standard InChI is InChI=1S/C13H15BrN4O/c1-7-4-9(14)11(6-10(7)15)16-13(19)12-5-8(2)17-18(12)3/h4-6H,15H2,1-3H3,(H,16,19). The van der Waals surface area contributed by atoms with Gasteiger partial charge in [-0.15, -0.1) is 0 Å². The Bertz CT molecular complexity index is 648. The number of anilines is 2. The van der Waals surface area contributed by atoms with Gasteiger partial charge in [0.25, 0.3) is 5.91 Å². The first-order chi connectivity index (χ1) is 8.88. The van der Waals surface area contributed by atoms with Crippen molar-refractivity contribution in [1.82, 2.24) is 9.78 Å². The van der Waals surface area contributed by atoms with Gasteiger partial charge in [-0.1, -0.05) is 0 Å². The van der Waals surface area contributed by atoms with Crippen LogP contribution in [0.2, 0.25) is 0 Å². The van der Waals surface area contributed by atoms with Crippen molar-refractivity contribution in [3.05, 3.63) is 39.6 Å². The van der Waals surface area contributed by atoms with Gasteiger partial charge in [0.2, 0.25) is 0 Å². The molecule has 0 aliphatic heterocycles. The highest BCUT2D eigenvalue weighted by molar-refractivity contribution is 9.10. The van der Waals surface area contributed by atoms with Crippen molar-refractivity contribution in [1.29, 1.82) is 0 Å². The third-order valence-corrected chi connectivity index (χ3v) is 3.49. The lowest BCUT2D eigenvalue weighted by molar-refractivity contribution is 0.101. The smallest absolute Gasteiger partial charge is 0.273 e. The van der Waals surface area contributed by atoms with Gasteiger partial charge in [0.15, 0.2) is 0 Å². The van der Waals surface area contributed by atoms with Crippen LogP contribution in [0.1, 0.15) is 21.7 Å². The Morgan fingerprint density at radius 2 is 2.05 bits per heavy atom. The topological polar surface area (TPSA) is 72.9 Å². The van der Waals surface area contributed by atoms with Crippen molar-refractivity contribution in [3.63, 3.8) is 0 Å². The molecule has 0 saturated carbocycles. The van der Waals surface area contributed by atoms with Crippen LogP contribution < -0.4 is 11.1 Å². The largest absolute Gasteiger partial charge is 0.398 e. The molecular formula is C13H15BrN4O. The Hall–Kier alpha value is -1.82. The third kappa shape index (κ3) is 2.78. The van der Waals surface area contributed by atoms with Gasteiger partial charge in [-0.05, 0) is 53.5 Å². The summed E-state index contributed by atoms with van der Waals surface area (Å²) in [5.74, 6) is -0.216. The molecule has 0 radical (unpaired) electrons. The van der Waals surface area contributed by atoms with Gasteiger partial charge < -0.3 is 11.1 Å². The fourth-order valence-electron chi connectivity index (χ4n) is 1.79. The first-order valence-corrected chi connectivity index (χ1v) is 6.55. The molecule has 19 heavy (non-hydrogen) atoms. The van der Waals surface area contributed by atoms with E-state index in [9.17, 15) is 4.79 Å². The Kier molecular flexibility index (Phi) is 3.61. The molecule has 0 aliphatic carbocycles. The molecule has 0 atom stereocenters. The van der Waals surface area contributed by atoms with Crippen LogP contribution in [0.15, 0.2) is 22.7 Å². The van der Waals surface area contributed by atoms with E-state index in [1.54, 1.807) is 23.9 Å². The summed E-state index contributed by atoms with van der Waals surface area (Å²) in [6.07, 6.45) is 0. The van der Waals surface area contributed by atoms with Crippen molar-refractivity contribution < 1.29 is 4.79 Å². The molecular weight excluding hydrogens is 308 g/mol. The van der Waals surface area contributed by atoms with Crippen molar-refractivity contribution >= 4 is 33.2 Å². The minimum absolute atomic E-state index is 0.216. The van der Waals surface area contributed by atoms with E-state index in [1.165, 1.54) is 0 Å². The number of rotatable bonds is 2. The number of aryl methyl sites for hydroxylation is 3. The molecule has 5 nitrogen and oxygen atoms in total. The number of nitrogens with zero attached hydrogens (tertiary/aromatic N) is 2. The van der Waals surface area contributed by atoms with Crippen LogP contribution in [-0.4, -0.2) is 15.7 Å². The highest BCUT2D eigenvalue weighted by atomic mass is 79.9. The van der Waals surface area contributed by atoms with E-state index < -0.39 is 0 Å². The molecule has 2 rings (SSSR count). The number of nitrogens with one attached hydrogen (secondary N) is 1. The number of amides is 1. The molecule has 0 spiro atoms. The van der Waals surface area contributed by atoms with E-state index in [0.29, 0.717) is 17.1 Å². The quantitative estimate of drug-likeness (QED) is 0.835. The first kappa shape index (κ1) is 13.6. The highest BCUT2D eigenvalue weighted by Gasteiger charge is 2.14. The maximum Gasteiger partial charge on any atom is 0.273 e. The van der Waals surface area contributed by atoms with Crippen molar-refractivity contribution in [2.45, 2.75) is 13.8 Å². The second-order valence-electron chi connectivity index (χ2n) is 4.44. The summed E-state index contributed by atoms with van der Waals surface area (Å²) in [6, 6.07) is 5.35. The normalized spacial score (nSPS) is 10.5. The summed E-state index contributed by atoms with van der Waals surface area (Å²) in [4.78, 5) is 12.2. The van der Waals surface area contributed by atoms with Crippen LogP contribution in [-0.2, 0) is 7.05 Å². The van der Waals surface area contributed by atoms with Gasteiger partial charge in [-0.2, -0.15) is 5.10 Å². The second kappa shape index (κ2) is 5.05. The molecule has 3 N–H and O–H groups in total. The molecule has 1 aromatic heterocycles. The van der Waals surface area contributed by atoms with E-state index in [-0.39, 0.29) is 5.91 Å². The molecule has 6 heteroatoms. The molecule has 100 valence electrons. The number of benzene rings is 1. The summed E-state index contributed by atoms with van der Waals surface area (Å²) in [5.41, 5.74) is 9.40. The van der Waals surface area contributed by atoms with Gasteiger partial charge in [0, 0.05) is 17.2 Å². The molecule has 0 bridgehead atoms. The van der Waals surface area contributed by atoms with Gasteiger partial charge in [-0.25, -0.2) is 0 Å². The number of nitrogen functional groups attached to an aromatic ring is 1. The Labute approximate surface area is 119 Å². The zero-order valence-electron chi connectivity index (χ0n) is 11.0. The lowest BCUT2D eigenvalue weighted by atomic mass is 10.2. The average molecular weight is 323 g/mol. The average Bonchev–Trinajstić information content (AvgIpc) is 2.65. The van der Waals surface area contributed by atoms with Gasteiger partial charge in [-0.3, -0.25) is 9.48 Å². The van der Waals surface area contributed by atoms with Crippen LogP contribution in [0, 0.1) is 13.8 Å². The molecule has 0 saturated heterocycles. The summed E-state index contributed by atoms with van der Waals surface area (Å²) in [5, 5.41) is 6.97. The predicted octanol–water partition coefficient (Wildman–Crippen LogP) is 2.63. The molecule has 0 fully saturated rings. The number of aromatic nitrogens is 2. The van der Waals surface area contributed by atoms with E-state index in [0.717, 1.165) is 15.7 Å². The van der Waals surface area contributed by atoms with Crippen molar-refractivity contribution in [3.8, 4) is 0 Å². The molecule has 0 unspecified atom stereocenters. The number of halogens is 1. The van der Waals surface area contributed by atoms with Gasteiger partial charge in [0.1, 0.15) is 5.69 Å². The van der Waals surface area contributed by atoms with Crippen LogP contribution in [0.4, 0.5) is 11.4 Å². The summed E-state index contributed by atoms with van der Waals surface area (Å²) in [6.45, 7) is 3.76. The Morgan fingerprint density at radius 3 is 2.63 bits per heavy atom. The third-order valence-electron chi connectivity index (χ3n) is 2.84. The highest BCUT2D eigenvalue weighted by Crippen LogP contribution is 2.28. The maximum atomic E-state index is 12.2. The molecule has 1 amide bonds. The number of nitrogens with two attached hydrogens (primary N) is 1. The van der Waals surface area contributed by atoms with Crippen LogP contribution in [0.25, 0.3) is 0 Å². The summed E-state index contributed by atoms with van der Waals surface area (Å²) in [7, 11) is 1.74. The summed E-state index contributed by atoms with van der Waals surface area (Å²) >= 11 is 3.41. The summed E-state index contributed by atoms with van der Waals surface area (Å²) < 4.78 is 2.35. The monoisotopic (exact) mass is 322 g/mol. The number of carbonyl (C=O) groups excluding carboxylic acids is 1. The fraction of sp³-hybridized carbons (Fsp3) is 0.231. The SMILES string of the molecule is Cc1cc(C(=O)Nc2cc(N)c(C)cc2Br)n(C)n1. The lowest BCUT2D eigenvalue weighted by Gasteiger charge is -2.10. The van der Waals surface area contributed by atoms with E-state index >= 15 is 0 Å². The molecule has 2 aromatic rings. The van der Waals surface area contributed by atoms with Crippen molar-refractivity contribution in [2.75, 3.05) is 11.1 Å². The van der Waals surface area contributed by atoms with Gasteiger partial charge in [0.05, 0.1) is 11.4 Å². The van der Waals surface area contributed by atoms with Crippen LogP contribution in [0.3, 0.4) is 0 Å². The molecule has 0 aliphatic rings. The van der Waals surface area contributed by atoms with Crippen molar-refractivity contribution in [2.24, 2.45) is 7.05 Å². The Balaban J connectivity index is 2.29. The number of hydrogen-bond donors (Lipinski definition) is 2. The fourth-order valence-corrected chi connectivity index (χ4v) is 2.35. The predicted molar refractivity (Wildman–Crippen MR) is 79.2 cm³/mol. The first-order valence-electron chi connectivity index (χ1n) is 5.76. The van der Waals surface area contributed by atoms with Crippen LogP contribution >= 0.6 is 15.9 Å². The van der Waals surface area contributed by atoms with Gasteiger partial charge >= 0.3 is 0 Å². The number of hydrogen-bond acceptors (Lipinski definition) is 3. The molecule has 1 aromatic carbocycles. The van der Waals surface area contributed by atoms with E-state index in [1.807, 2.05) is 19.9 Å². The van der Waals surface area contributed by atoms with E-state index in [4.69, 9.17) is 5.73 Å². The minimum atomic E-state index is -0.216. The van der Waals surface area contributed by atoms with E-state index in [2.05, 4.69) is 26.3 Å². The lowest BCUT2D eigenvalue weighted by Crippen LogP contribution is -2.16.